The van der Waals surface area contributed by atoms with Gasteiger partial charge in [-0.2, -0.15) is 0 Å². The lowest BCUT2D eigenvalue weighted by atomic mass is 10.1. The molecule has 0 spiro atoms. The van der Waals surface area contributed by atoms with Crippen LogP contribution in [-0.2, 0) is 7.05 Å². The first kappa shape index (κ1) is 16.0. The van der Waals surface area contributed by atoms with E-state index in [9.17, 15) is 4.79 Å². The lowest BCUT2D eigenvalue weighted by Gasteiger charge is -2.13. The first-order valence-corrected chi connectivity index (χ1v) is 7.83. The van der Waals surface area contributed by atoms with Gasteiger partial charge < -0.3 is 5.73 Å². The van der Waals surface area contributed by atoms with Crippen LogP contribution >= 0.6 is 34.8 Å². The molecule has 0 saturated heterocycles. The van der Waals surface area contributed by atoms with Gasteiger partial charge in [-0.15, -0.1) is 0 Å². The highest BCUT2D eigenvalue weighted by Crippen LogP contribution is 2.33. The van der Waals surface area contributed by atoms with Crippen LogP contribution < -0.4 is 11.3 Å². The smallest absolute Gasteiger partial charge is 0.295 e. The SMILES string of the molecule is Cn1c(-c2ccccc2)c(N)c(=O)n1-c1c(Cl)cc(Cl)cc1Cl. The zero-order valence-electron chi connectivity index (χ0n) is 12.1. The van der Waals surface area contributed by atoms with Crippen molar-refractivity contribution in [2.45, 2.75) is 0 Å². The van der Waals surface area contributed by atoms with Crippen molar-refractivity contribution in [2.24, 2.45) is 7.05 Å². The van der Waals surface area contributed by atoms with Crippen LogP contribution in [0, 0.1) is 0 Å². The summed E-state index contributed by atoms with van der Waals surface area (Å²) in [5, 5.41) is 0.928. The molecule has 1 aromatic heterocycles. The first-order chi connectivity index (χ1) is 10.9. The van der Waals surface area contributed by atoms with Crippen LogP contribution in [0.5, 0.6) is 0 Å². The summed E-state index contributed by atoms with van der Waals surface area (Å²) in [6, 6.07) is 12.4. The highest BCUT2D eigenvalue weighted by Gasteiger charge is 2.21. The molecule has 0 unspecified atom stereocenters. The van der Waals surface area contributed by atoms with Gasteiger partial charge in [0.05, 0.1) is 15.7 Å². The van der Waals surface area contributed by atoms with E-state index in [0.29, 0.717) is 16.4 Å². The fourth-order valence-corrected chi connectivity index (χ4v) is 3.53. The van der Waals surface area contributed by atoms with E-state index in [1.165, 1.54) is 16.8 Å². The number of nitrogen functional groups attached to an aromatic ring is 1. The van der Waals surface area contributed by atoms with Crippen LogP contribution in [-0.4, -0.2) is 9.36 Å². The summed E-state index contributed by atoms with van der Waals surface area (Å²) in [5.74, 6) is 0. The zero-order chi connectivity index (χ0) is 16.7. The second-order valence-electron chi connectivity index (χ2n) is 4.99. The normalized spacial score (nSPS) is 11.0. The molecule has 0 radical (unpaired) electrons. The second-order valence-corrected chi connectivity index (χ2v) is 6.24. The number of halogens is 3. The van der Waals surface area contributed by atoms with Gasteiger partial charge in [0.25, 0.3) is 5.56 Å². The number of aromatic nitrogens is 2. The molecule has 0 fully saturated rings. The quantitative estimate of drug-likeness (QED) is 0.729. The fourth-order valence-electron chi connectivity index (χ4n) is 2.55. The maximum atomic E-state index is 12.6. The highest BCUT2D eigenvalue weighted by molar-refractivity contribution is 6.40. The number of benzene rings is 2. The Labute approximate surface area is 147 Å². The molecule has 3 rings (SSSR count). The van der Waals surface area contributed by atoms with Gasteiger partial charge in [-0.25, -0.2) is 4.68 Å². The zero-order valence-corrected chi connectivity index (χ0v) is 14.3. The van der Waals surface area contributed by atoms with E-state index in [0.717, 1.165) is 5.56 Å². The van der Waals surface area contributed by atoms with Gasteiger partial charge in [0, 0.05) is 17.6 Å². The molecule has 4 nitrogen and oxygen atoms in total. The molecule has 2 N–H and O–H groups in total. The van der Waals surface area contributed by atoms with E-state index in [4.69, 9.17) is 40.5 Å². The van der Waals surface area contributed by atoms with Crippen LogP contribution in [0.25, 0.3) is 16.9 Å². The molecule has 0 atom stereocenters. The predicted octanol–water partition coefficient (Wildman–Crippen LogP) is 4.39. The standard InChI is InChI=1S/C16H12Cl3N3O/c1-21-14(9-5-3-2-4-6-9)13(20)16(23)22(21)15-11(18)7-10(17)8-12(15)19/h2-8H,20H2,1H3. The van der Waals surface area contributed by atoms with Crippen LogP contribution in [0.4, 0.5) is 5.69 Å². The number of hydrogen-bond donors (Lipinski definition) is 1. The van der Waals surface area contributed by atoms with Gasteiger partial charge in [-0.3, -0.25) is 9.48 Å². The van der Waals surface area contributed by atoms with Crippen molar-refractivity contribution in [3.63, 3.8) is 0 Å². The Hall–Kier alpha value is -1.88. The third kappa shape index (κ3) is 2.63. The van der Waals surface area contributed by atoms with E-state index >= 15 is 0 Å². The third-order valence-electron chi connectivity index (χ3n) is 3.54. The van der Waals surface area contributed by atoms with E-state index in [2.05, 4.69) is 0 Å². The van der Waals surface area contributed by atoms with Crippen molar-refractivity contribution in [1.29, 1.82) is 0 Å². The molecule has 0 aliphatic heterocycles. The molecule has 0 saturated carbocycles. The molecule has 0 amide bonds. The van der Waals surface area contributed by atoms with Gasteiger partial charge in [0.2, 0.25) is 0 Å². The third-order valence-corrected chi connectivity index (χ3v) is 4.34. The average Bonchev–Trinajstić information content (AvgIpc) is 2.71. The molecule has 23 heavy (non-hydrogen) atoms. The van der Waals surface area contributed by atoms with E-state index in [-0.39, 0.29) is 15.7 Å². The first-order valence-electron chi connectivity index (χ1n) is 6.69. The van der Waals surface area contributed by atoms with Crippen molar-refractivity contribution in [3.05, 3.63) is 67.9 Å². The largest absolute Gasteiger partial charge is 0.392 e. The highest BCUT2D eigenvalue weighted by atomic mass is 35.5. The van der Waals surface area contributed by atoms with Crippen molar-refractivity contribution < 1.29 is 0 Å². The molecule has 0 aliphatic carbocycles. The second kappa shape index (κ2) is 5.96. The minimum Gasteiger partial charge on any atom is -0.392 e. The summed E-state index contributed by atoms with van der Waals surface area (Å²) in [6.07, 6.45) is 0. The summed E-state index contributed by atoms with van der Waals surface area (Å²) >= 11 is 18.4. The van der Waals surface area contributed by atoms with E-state index < -0.39 is 5.56 Å². The Morgan fingerprint density at radius 1 is 1.00 bits per heavy atom. The van der Waals surface area contributed by atoms with Gasteiger partial charge >= 0.3 is 0 Å². The summed E-state index contributed by atoms with van der Waals surface area (Å²) < 4.78 is 2.98. The Bertz CT molecular complexity index is 922. The van der Waals surface area contributed by atoms with Crippen LogP contribution in [0.3, 0.4) is 0 Å². The van der Waals surface area contributed by atoms with Crippen molar-refractivity contribution in [2.75, 3.05) is 5.73 Å². The van der Waals surface area contributed by atoms with Crippen LogP contribution in [0.15, 0.2) is 47.3 Å². The van der Waals surface area contributed by atoms with Gasteiger partial charge in [0.15, 0.2) is 0 Å². The molecule has 0 aliphatic rings. The number of nitrogens with two attached hydrogens (primary N) is 1. The van der Waals surface area contributed by atoms with Gasteiger partial charge in [-0.05, 0) is 12.1 Å². The Kier molecular flexibility index (Phi) is 4.15. The fraction of sp³-hybridized carbons (Fsp3) is 0.0625. The molecule has 1 heterocycles. The lowest BCUT2D eigenvalue weighted by Crippen LogP contribution is -2.21. The van der Waals surface area contributed by atoms with Crippen molar-refractivity contribution >= 4 is 40.5 Å². The molecule has 3 aromatic rings. The maximum Gasteiger partial charge on any atom is 0.295 e. The number of anilines is 1. The molecule has 2 aromatic carbocycles. The Balaban J connectivity index is 2.34. The average molecular weight is 369 g/mol. The molecular formula is C16H12Cl3N3O. The lowest BCUT2D eigenvalue weighted by molar-refractivity contribution is 0.653. The van der Waals surface area contributed by atoms with Crippen LogP contribution in [0.2, 0.25) is 15.1 Å². The van der Waals surface area contributed by atoms with Gasteiger partial charge in [0.1, 0.15) is 11.4 Å². The Morgan fingerprint density at radius 2 is 1.57 bits per heavy atom. The minimum atomic E-state index is -0.391. The topological polar surface area (TPSA) is 52.9 Å². The van der Waals surface area contributed by atoms with Crippen molar-refractivity contribution in [1.82, 2.24) is 9.36 Å². The summed E-state index contributed by atoms with van der Waals surface area (Å²) in [4.78, 5) is 12.6. The van der Waals surface area contributed by atoms with Crippen LogP contribution in [0.1, 0.15) is 0 Å². The Morgan fingerprint density at radius 3 is 2.13 bits per heavy atom. The molecular weight excluding hydrogens is 357 g/mol. The van der Waals surface area contributed by atoms with Crippen molar-refractivity contribution in [3.8, 4) is 16.9 Å². The summed E-state index contributed by atoms with van der Waals surface area (Å²) in [7, 11) is 1.72. The van der Waals surface area contributed by atoms with E-state index in [1.54, 1.807) is 11.7 Å². The summed E-state index contributed by atoms with van der Waals surface area (Å²) in [6.45, 7) is 0. The minimum absolute atomic E-state index is 0.126. The molecule has 7 heteroatoms. The van der Waals surface area contributed by atoms with Gasteiger partial charge in [-0.1, -0.05) is 65.1 Å². The number of nitrogens with zero attached hydrogens (tertiary/aromatic N) is 2. The number of rotatable bonds is 2. The maximum absolute atomic E-state index is 12.6. The number of hydrogen-bond acceptors (Lipinski definition) is 2. The molecule has 0 bridgehead atoms. The predicted molar refractivity (Wildman–Crippen MR) is 95.9 cm³/mol. The summed E-state index contributed by atoms with van der Waals surface area (Å²) in [5.41, 5.74) is 7.54. The monoisotopic (exact) mass is 367 g/mol. The molecule has 118 valence electrons. The van der Waals surface area contributed by atoms with E-state index in [1.807, 2.05) is 30.3 Å².